The lowest BCUT2D eigenvalue weighted by molar-refractivity contribution is 0.0696. The van der Waals surface area contributed by atoms with Crippen molar-refractivity contribution in [1.29, 1.82) is 0 Å². The van der Waals surface area contributed by atoms with Crippen LogP contribution in [0.2, 0.25) is 0 Å². The van der Waals surface area contributed by atoms with E-state index in [1.165, 1.54) is 23.5 Å². The first kappa shape index (κ1) is 28.2. The zero-order chi connectivity index (χ0) is 30.2. The predicted molar refractivity (Wildman–Crippen MR) is 168 cm³/mol. The number of carbonyl (C=O) groups is 2. The fourth-order valence-corrected chi connectivity index (χ4v) is 6.61. The average Bonchev–Trinajstić information content (AvgIpc) is 3.45. The van der Waals surface area contributed by atoms with Gasteiger partial charge in [0.25, 0.3) is 5.91 Å². The summed E-state index contributed by atoms with van der Waals surface area (Å²) in [5, 5.41) is 17.3. The lowest BCUT2D eigenvalue weighted by atomic mass is 9.88. The molecule has 0 spiro atoms. The van der Waals surface area contributed by atoms with E-state index in [2.05, 4.69) is 42.6 Å². The van der Waals surface area contributed by atoms with Gasteiger partial charge in [0.2, 0.25) is 0 Å². The molecule has 6 rings (SSSR count). The molecule has 1 amide bonds. The van der Waals surface area contributed by atoms with E-state index in [9.17, 15) is 23.5 Å². The van der Waals surface area contributed by atoms with E-state index in [0.717, 1.165) is 55.7 Å². The van der Waals surface area contributed by atoms with Crippen LogP contribution in [0, 0.1) is 11.6 Å². The molecule has 6 aromatic rings. The van der Waals surface area contributed by atoms with E-state index < -0.39 is 23.6 Å². The molecule has 0 unspecified atom stereocenters. The number of carbonyl (C=O) groups excluding carboxylic acids is 1. The maximum atomic E-state index is 14.9. The third-order valence-electron chi connectivity index (χ3n) is 7.93. The molecule has 7 heteroatoms. The highest BCUT2D eigenvalue weighted by atomic mass is 32.1. The molecule has 214 valence electrons. The van der Waals surface area contributed by atoms with E-state index in [0.29, 0.717) is 11.1 Å². The van der Waals surface area contributed by atoms with Gasteiger partial charge in [-0.15, -0.1) is 11.3 Å². The number of hydrogen-bond acceptors (Lipinski definition) is 3. The van der Waals surface area contributed by atoms with Gasteiger partial charge >= 0.3 is 5.97 Å². The van der Waals surface area contributed by atoms with E-state index >= 15 is 0 Å². The molecule has 0 saturated carbocycles. The lowest BCUT2D eigenvalue weighted by Crippen LogP contribution is -2.27. The van der Waals surface area contributed by atoms with Crippen LogP contribution in [0.5, 0.6) is 0 Å². The second-order valence-electron chi connectivity index (χ2n) is 10.7. The van der Waals surface area contributed by atoms with E-state index in [-0.39, 0.29) is 23.0 Å². The van der Waals surface area contributed by atoms with Crippen LogP contribution in [0.25, 0.3) is 32.0 Å². The van der Waals surface area contributed by atoms with Crippen LogP contribution in [0.1, 0.15) is 63.2 Å². The zero-order valence-electron chi connectivity index (χ0n) is 23.4. The van der Waals surface area contributed by atoms with E-state index in [1.807, 2.05) is 24.4 Å². The highest BCUT2D eigenvalue weighted by Crippen LogP contribution is 2.40. The fraction of sp³-hybridized carbons (Fsp3) is 0.111. The molecule has 2 N–H and O–H groups in total. The van der Waals surface area contributed by atoms with Crippen molar-refractivity contribution in [2.45, 2.75) is 25.8 Å². The quantitative estimate of drug-likeness (QED) is 0.194. The summed E-state index contributed by atoms with van der Waals surface area (Å²) in [5.74, 6) is -2.61. The molecule has 43 heavy (non-hydrogen) atoms. The zero-order valence-corrected chi connectivity index (χ0v) is 24.2. The summed E-state index contributed by atoms with van der Waals surface area (Å²) in [4.78, 5) is 25.2. The summed E-state index contributed by atoms with van der Waals surface area (Å²) in [7, 11) is 0. The van der Waals surface area contributed by atoms with Gasteiger partial charge in [-0.25, -0.2) is 13.6 Å². The molecule has 0 radical (unpaired) electrons. The Labute approximate surface area is 251 Å². The van der Waals surface area contributed by atoms with Crippen LogP contribution in [0.15, 0.2) is 102 Å². The lowest BCUT2D eigenvalue weighted by Gasteiger charge is -2.18. The van der Waals surface area contributed by atoms with E-state index in [4.69, 9.17) is 0 Å². The van der Waals surface area contributed by atoms with Gasteiger partial charge in [-0.2, -0.15) is 0 Å². The first-order valence-corrected chi connectivity index (χ1v) is 14.7. The van der Waals surface area contributed by atoms with Crippen molar-refractivity contribution in [2.75, 3.05) is 0 Å². The smallest absolute Gasteiger partial charge is 0.335 e. The molecule has 0 bridgehead atoms. The number of carboxylic acids is 1. The monoisotopic (exact) mass is 591 g/mol. The second-order valence-corrected chi connectivity index (χ2v) is 11.6. The third-order valence-corrected chi connectivity index (χ3v) is 8.88. The van der Waals surface area contributed by atoms with Gasteiger partial charge in [0.05, 0.1) is 11.6 Å². The van der Waals surface area contributed by atoms with Crippen LogP contribution >= 0.6 is 11.3 Å². The minimum absolute atomic E-state index is 0.0531. The average molecular weight is 592 g/mol. The molecule has 1 heterocycles. The van der Waals surface area contributed by atoms with E-state index in [1.54, 1.807) is 24.3 Å². The summed E-state index contributed by atoms with van der Waals surface area (Å²) < 4.78 is 29.8. The minimum Gasteiger partial charge on any atom is -0.478 e. The Balaban J connectivity index is 1.45. The Hall–Kier alpha value is -4.88. The summed E-state index contributed by atoms with van der Waals surface area (Å²) in [6.07, 6.45) is 0. The van der Waals surface area contributed by atoms with Crippen molar-refractivity contribution < 1.29 is 23.5 Å². The molecule has 0 fully saturated rings. The molecule has 1 aromatic heterocycles. The number of benzene rings is 5. The molecular formula is C36H27F2NO3S. The van der Waals surface area contributed by atoms with Crippen molar-refractivity contribution >= 4 is 44.1 Å². The topological polar surface area (TPSA) is 66.4 Å². The van der Waals surface area contributed by atoms with Crippen molar-refractivity contribution in [3.8, 4) is 11.1 Å². The van der Waals surface area contributed by atoms with Crippen LogP contribution < -0.4 is 5.32 Å². The number of nitrogens with one attached hydrogen (secondary N) is 1. The Morgan fingerprint density at radius 3 is 2.28 bits per heavy atom. The summed E-state index contributed by atoms with van der Waals surface area (Å²) in [6.45, 7) is 3.91. The number of halogens is 2. The maximum absolute atomic E-state index is 14.9. The predicted octanol–water partition coefficient (Wildman–Crippen LogP) is 9.34. The molecule has 0 aliphatic rings. The van der Waals surface area contributed by atoms with Crippen LogP contribution in [0.4, 0.5) is 8.78 Å². The minimum atomic E-state index is -1.03. The molecule has 5 aromatic carbocycles. The highest BCUT2D eigenvalue weighted by Gasteiger charge is 2.23. The van der Waals surface area contributed by atoms with Crippen molar-refractivity contribution in [3.63, 3.8) is 0 Å². The molecule has 0 aliphatic heterocycles. The molecular weight excluding hydrogens is 564 g/mol. The number of rotatable bonds is 7. The normalized spacial score (nSPS) is 12.7. The van der Waals surface area contributed by atoms with Gasteiger partial charge in [0.1, 0.15) is 11.6 Å². The van der Waals surface area contributed by atoms with Crippen molar-refractivity contribution in [2.24, 2.45) is 0 Å². The third kappa shape index (κ3) is 5.51. The number of carboxylic acid groups (broad SMARTS) is 1. The standard InChI is InChI=1S/C36H27F2NO3S/c1-20(25-12-9-23-5-3-4-6-26(23)15-25)31-19-43-33-17-27(29-18-28(37)13-14-32(29)38)16-30(34(31)33)35(40)39-21(2)22-7-10-24(11-8-22)36(41)42/h3-21H,1-2H3,(H,39,40)(H,41,42)/t20-,21+/m1/s1. The van der Waals surface area contributed by atoms with Gasteiger partial charge in [-0.3, -0.25) is 4.79 Å². The molecule has 2 atom stereocenters. The highest BCUT2D eigenvalue weighted by molar-refractivity contribution is 7.17. The SMILES string of the molecule is C[C@H](c1ccc2ccccc2c1)c1csc2cc(-c3cc(F)ccc3F)cc(C(=O)N[C@@H](C)c3ccc(C(=O)O)cc3)c12. The summed E-state index contributed by atoms with van der Waals surface area (Å²) >= 11 is 1.46. The van der Waals surface area contributed by atoms with Gasteiger partial charge < -0.3 is 10.4 Å². The van der Waals surface area contributed by atoms with Gasteiger partial charge in [-0.1, -0.05) is 61.5 Å². The number of amides is 1. The Morgan fingerprint density at radius 1 is 0.814 bits per heavy atom. The number of thiophene rings is 1. The fourth-order valence-electron chi connectivity index (χ4n) is 5.49. The van der Waals surface area contributed by atoms with Crippen molar-refractivity contribution in [1.82, 2.24) is 5.32 Å². The van der Waals surface area contributed by atoms with Gasteiger partial charge in [0.15, 0.2) is 0 Å². The first-order valence-electron chi connectivity index (χ1n) is 13.8. The molecule has 4 nitrogen and oxygen atoms in total. The Kier molecular flexibility index (Phi) is 7.50. The van der Waals surface area contributed by atoms with Gasteiger partial charge in [-0.05, 0) is 87.8 Å². The summed E-state index contributed by atoms with van der Waals surface area (Å²) in [5.41, 5.74) is 3.78. The Bertz CT molecular complexity index is 2020. The molecule has 0 aliphatic carbocycles. The summed E-state index contributed by atoms with van der Waals surface area (Å²) in [6, 6.07) is 27.1. The van der Waals surface area contributed by atoms with Gasteiger partial charge in [0, 0.05) is 27.1 Å². The maximum Gasteiger partial charge on any atom is 0.335 e. The van der Waals surface area contributed by atoms with Crippen LogP contribution in [-0.4, -0.2) is 17.0 Å². The first-order chi connectivity index (χ1) is 20.7. The van der Waals surface area contributed by atoms with Crippen LogP contribution in [0.3, 0.4) is 0 Å². The largest absolute Gasteiger partial charge is 0.478 e. The number of hydrogen-bond donors (Lipinski definition) is 2. The van der Waals surface area contributed by atoms with Crippen LogP contribution in [-0.2, 0) is 0 Å². The molecule has 0 saturated heterocycles. The Morgan fingerprint density at radius 2 is 1.53 bits per heavy atom. The number of fused-ring (bicyclic) bond motifs is 2. The second kappa shape index (κ2) is 11.4. The van der Waals surface area contributed by atoms with Crippen molar-refractivity contribution in [3.05, 3.63) is 142 Å². The number of aromatic carboxylic acids is 1.